The van der Waals surface area contributed by atoms with Crippen molar-refractivity contribution in [3.05, 3.63) is 23.8 Å². The summed E-state index contributed by atoms with van der Waals surface area (Å²) in [7, 11) is 0. The van der Waals surface area contributed by atoms with E-state index in [-0.39, 0.29) is 44.0 Å². The molecule has 0 fully saturated rings. The Morgan fingerprint density at radius 3 is 2.50 bits per heavy atom. The minimum atomic E-state index is -0.380. The molecule has 6 heteroatoms. The highest BCUT2D eigenvalue weighted by Crippen LogP contribution is 1.95. The molecule has 0 bridgehead atoms. The standard InChI is InChI=1S/C16H26N2O4/c1-5-6-16(21)18(12-19)8-10-22-9-7-15(20)17-14(4)11-13(2)3/h5-6,11-12,14H,7-10H2,1-4H3,(H,17,20)/b6-5-. The molecule has 0 aromatic heterocycles. The van der Waals surface area contributed by atoms with Crippen molar-refractivity contribution < 1.29 is 19.1 Å². The van der Waals surface area contributed by atoms with E-state index in [2.05, 4.69) is 5.32 Å². The normalized spacial score (nSPS) is 11.8. The molecule has 6 nitrogen and oxygen atoms in total. The molecule has 1 atom stereocenters. The Morgan fingerprint density at radius 1 is 1.27 bits per heavy atom. The molecule has 0 aromatic rings. The minimum Gasteiger partial charge on any atom is -0.379 e. The molecule has 0 rings (SSSR count). The van der Waals surface area contributed by atoms with Crippen LogP contribution in [-0.4, -0.2) is 48.9 Å². The van der Waals surface area contributed by atoms with Gasteiger partial charge in [0.25, 0.3) is 5.91 Å². The zero-order chi connectivity index (χ0) is 17.0. The Labute approximate surface area is 132 Å². The summed E-state index contributed by atoms with van der Waals surface area (Å²) in [5.74, 6) is -0.475. The van der Waals surface area contributed by atoms with Gasteiger partial charge in [0.05, 0.1) is 19.8 Å². The number of nitrogens with one attached hydrogen (secondary N) is 1. The van der Waals surface area contributed by atoms with Gasteiger partial charge in [-0.25, -0.2) is 0 Å². The fourth-order valence-electron chi connectivity index (χ4n) is 1.75. The zero-order valence-corrected chi connectivity index (χ0v) is 13.8. The SMILES string of the molecule is C/C=C\C(=O)N(C=O)CCOCCC(=O)NC(C)C=C(C)C. The molecule has 3 amide bonds. The molecule has 0 aliphatic carbocycles. The average Bonchev–Trinajstić information content (AvgIpc) is 2.41. The van der Waals surface area contributed by atoms with Crippen LogP contribution in [0.25, 0.3) is 0 Å². The molecule has 0 saturated heterocycles. The number of amides is 3. The summed E-state index contributed by atoms with van der Waals surface area (Å²) < 4.78 is 5.27. The third kappa shape index (κ3) is 9.88. The van der Waals surface area contributed by atoms with E-state index in [1.807, 2.05) is 26.8 Å². The largest absolute Gasteiger partial charge is 0.379 e. The summed E-state index contributed by atoms with van der Waals surface area (Å²) in [5.41, 5.74) is 1.14. The molecule has 1 unspecified atom stereocenters. The van der Waals surface area contributed by atoms with Gasteiger partial charge in [0.1, 0.15) is 0 Å². The quantitative estimate of drug-likeness (QED) is 0.287. The van der Waals surface area contributed by atoms with Crippen molar-refractivity contribution in [2.75, 3.05) is 19.8 Å². The van der Waals surface area contributed by atoms with Crippen molar-refractivity contribution in [2.45, 2.75) is 40.2 Å². The van der Waals surface area contributed by atoms with E-state index in [0.29, 0.717) is 6.41 Å². The lowest BCUT2D eigenvalue weighted by Crippen LogP contribution is -2.33. The van der Waals surface area contributed by atoms with E-state index in [0.717, 1.165) is 10.5 Å². The second-order valence-corrected chi connectivity index (χ2v) is 5.10. The van der Waals surface area contributed by atoms with Crippen LogP contribution < -0.4 is 5.32 Å². The highest BCUT2D eigenvalue weighted by molar-refractivity contribution is 5.94. The molecule has 0 spiro atoms. The molecular weight excluding hydrogens is 284 g/mol. The molecule has 1 N–H and O–H groups in total. The maximum atomic E-state index is 11.6. The first kappa shape index (κ1) is 20.1. The molecule has 0 aliphatic heterocycles. The smallest absolute Gasteiger partial charge is 0.252 e. The second-order valence-electron chi connectivity index (χ2n) is 5.10. The monoisotopic (exact) mass is 310 g/mol. The number of hydrogen-bond donors (Lipinski definition) is 1. The number of carbonyl (C=O) groups excluding carboxylic acids is 3. The Morgan fingerprint density at radius 2 is 1.95 bits per heavy atom. The number of carbonyl (C=O) groups is 3. The predicted octanol–water partition coefficient (Wildman–Crippen LogP) is 1.43. The molecule has 0 heterocycles. The number of hydrogen-bond acceptors (Lipinski definition) is 4. The fraction of sp³-hybridized carbons (Fsp3) is 0.562. The van der Waals surface area contributed by atoms with Gasteiger partial charge in [0.15, 0.2) is 0 Å². The van der Waals surface area contributed by atoms with E-state index in [1.165, 1.54) is 6.08 Å². The molecule has 0 saturated carbocycles. The van der Waals surface area contributed by atoms with Crippen LogP contribution in [0, 0.1) is 0 Å². The Bertz CT molecular complexity index is 426. The zero-order valence-electron chi connectivity index (χ0n) is 13.8. The van der Waals surface area contributed by atoms with E-state index < -0.39 is 0 Å². The van der Waals surface area contributed by atoms with Crippen LogP contribution in [0.2, 0.25) is 0 Å². The molecular formula is C16H26N2O4. The summed E-state index contributed by atoms with van der Waals surface area (Å²) >= 11 is 0. The lowest BCUT2D eigenvalue weighted by molar-refractivity contribution is -0.135. The fourth-order valence-corrected chi connectivity index (χ4v) is 1.75. The van der Waals surface area contributed by atoms with E-state index in [1.54, 1.807) is 13.0 Å². The first-order chi connectivity index (χ1) is 10.4. The Kier molecular flexibility index (Phi) is 10.6. The maximum absolute atomic E-state index is 11.6. The number of nitrogens with zero attached hydrogens (tertiary/aromatic N) is 1. The summed E-state index contributed by atoms with van der Waals surface area (Å²) in [5, 5.41) is 2.83. The lowest BCUT2D eigenvalue weighted by Gasteiger charge is -2.14. The number of ether oxygens (including phenoxy) is 1. The first-order valence-corrected chi connectivity index (χ1v) is 7.31. The predicted molar refractivity (Wildman–Crippen MR) is 85.1 cm³/mol. The van der Waals surface area contributed by atoms with Crippen molar-refractivity contribution in [2.24, 2.45) is 0 Å². The lowest BCUT2D eigenvalue weighted by atomic mass is 10.2. The molecule has 124 valence electrons. The number of allylic oxidation sites excluding steroid dienone is 2. The number of rotatable bonds is 10. The molecule has 0 aromatic carbocycles. The molecule has 0 aliphatic rings. The Balaban J connectivity index is 3.88. The van der Waals surface area contributed by atoms with E-state index in [9.17, 15) is 14.4 Å². The van der Waals surface area contributed by atoms with Gasteiger partial charge in [-0.2, -0.15) is 0 Å². The van der Waals surface area contributed by atoms with Gasteiger partial charge in [0.2, 0.25) is 12.3 Å². The van der Waals surface area contributed by atoms with Gasteiger partial charge < -0.3 is 10.1 Å². The van der Waals surface area contributed by atoms with Crippen molar-refractivity contribution in [1.29, 1.82) is 0 Å². The molecule has 22 heavy (non-hydrogen) atoms. The average molecular weight is 310 g/mol. The van der Waals surface area contributed by atoms with Gasteiger partial charge in [-0.05, 0) is 33.8 Å². The van der Waals surface area contributed by atoms with Crippen LogP contribution in [0.1, 0.15) is 34.1 Å². The van der Waals surface area contributed by atoms with Crippen LogP contribution in [0.4, 0.5) is 0 Å². The number of imide groups is 1. The van der Waals surface area contributed by atoms with Crippen LogP contribution >= 0.6 is 0 Å². The third-order valence-electron chi connectivity index (χ3n) is 2.64. The first-order valence-electron chi connectivity index (χ1n) is 7.31. The molecule has 0 radical (unpaired) electrons. The van der Waals surface area contributed by atoms with Crippen LogP contribution in [0.5, 0.6) is 0 Å². The minimum absolute atomic E-state index is 0.0125. The van der Waals surface area contributed by atoms with E-state index >= 15 is 0 Å². The third-order valence-corrected chi connectivity index (χ3v) is 2.64. The highest BCUT2D eigenvalue weighted by Gasteiger charge is 2.09. The van der Waals surface area contributed by atoms with Crippen LogP contribution in [0.3, 0.4) is 0 Å². The van der Waals surface area contributed by atoms with E-state index in [4.69, 9.17) is 4.74 Å². The second kappa shape index (κ2) is 11.7. The maximum Gasteiger partial charge on any atom is 0.252 e. The van der Waals surface area contributed by atoms with Gasteiger partial charge in [-0.15, -0.1) is 0 Å². The Hall–Kier alpha value is -1.95. The van der Waals surface area contributed by atoms with Gasteiger partial charge in [0, 0.05) is 12.5 Å². The topological polar surface area (TPSA) is 75.7 Å². The summed E-state index contributed by atoms with van der Waals surface area (Å²) in [4.78, 5) is 34.8. The van der Waals surface area contributed by atoms with Crippen LogP contribution in [-0.2, 0) is 19.1 Å². The van der Waals surface area contributed by atoms with Crippen molar-refractivity contribution in [3.63, 3.8) is 0 Å². The highest BCUT2D eigenvalue weighted by atomic mass is 16.5. The summed E-state index contributed by atoms with van der Waals surface area (Å²) in [6.07, 6.45) is 5.56. The van der Waals surface area contributed by atoms with Crippen molar-refractivity contribution >= 4 is 18.2 Å². The van der Waals surface area contributed by atoms with Crippen LogP contribution in [0.15, 0.2) is 23.8 Å². The van der Waals surface area contributed by atoms with Gasteiger partial charge in [-0.3, -0.25) is 19.3 Å². The summed E-state index contributed by atoms with van der Waals surface area (Å²) in [6.45, 7) is 8.17. The van der Waals surface area contributed by atoms with Crippen molar-refractivity contribution in [3.8, 4) is 0 Å². The van der Waals surface area contributed by atoms with Gasteiger partial charge >= 0.3 is 0 Å². The van der Waals surface area contributed by atoms with Crippen molar-refractivity contribution in [1.82, 2.24) is 10.2 Å². The summed E-state index contributed by atoms with van der Waals surface area (Å²) in [6, 6.07) is -0.0125. The van der Waals surface area contributed by atoms with Gasteiger partial charge in [-0.1, -0.05) is 17.7 Å².